The number of hydrogen-bond donors (Lipinski definition) is 2. The van der Waals surface area contributed by atoms with Crippen LogP contribution in [0.2, 0.25) is 0 Å². The third-order valence-corrected chi connectivity index (χ3v) is 3.50. The summed E-state index contributed by atoms with van der Waals surface area (Å²) < 4.78 is 26.3. The Kier molecular flexibility index (Phi) is 4.06. The molecule has 118 valence electrons. The summed E-state index contributed by atoms with van der Waals surface area (Å²) in [5.74, 6) is -2.28. The Morgan fingerprint density at radius 3 is 2.09 bits per heavy atom. The minimum atomic E-state index is -0.848. The van der Waals surface area contributed by atoms with E-state index in [2.05, 4.69) is 10.6 Å². The topological polar surface area (TPSA) is 58.2 Å². The lowest BCUT2D eigenvalue weighted by Crippen LogP contribution is -2.25. The highest BCUT2D eigenvalue weighted by Crippen LogP contribution is 2.20. The molecule has 2 aromatic carbocycles. The molecular weight excluding hydrogens is 302 g/mol. The normalized spacial score (nSPS) is 13.5. The second-order valence-electron chi connectivity index (χ2n) is 5.40. The fourth-order valence-corrected chi connectivity index (χ4v) is 2.05. The second kappa shape index (κ2) is 6.16. The van der Waals surface area contributed by atoms with Crippen molar-refractivity contribution in [2.45, 2.75) is 18.9 Å². The van der Waals surface area contributed by atoms with Crippen molar-refractivity contribution in [3.8, 4) is 0 Å². The maximum absolute atomic E-state index is 13.5. The van der Waals surface area contributed by atoms with Gasteiger partial charge in [0.25, 0.3) is 11.8 Å². The molecule has 0 unspecified atom stereocenters. The van der Waals surface area contributed by atoms with Gasteiger partial charge in [-0.25, -0.2) is 8.78 Å². The zero-order valence-corrected chi connectivity index (χ0v) is 12.1. The van der Waals surface area contributed by atoms with Crippen LogP contribution in [0.5, 0.6) is 0 Å². The third-order valence-electron chi connectivity index (χ3n) is 3.50. The van der Waals surface area contributed by atoms with E-state index in [4.69, 9.17) is 0 Å². The van der Waals surface area contributed by atoms with E-state index in [1.807, 2.05) is 0 Å². The van der Waals surface area contributed by atoms with Gasteiger partial charge in [-0.3, -0.25) is 9.59 Å². The first kappa shape index (κ1) is 15.1. The Balaban J connectivity index is 1.68. The standard InChI is InChI=1S/C17H14F2N2O2/c18-12-5-8-15(14(19)9-12)21-17(23)11-3-1-10(2-4-11)16(22)20-13-6-7-13/h1-5,8-9,13H,6-7H2,(H,20,22)(H,21,23). The highest BCUT2D eigenvalue weighted by Gasteiger charge is 2.23. The van der Waals surface area contributed by atoms with Crippen LogP contribution in [0.25, 0.3) is 0 Å². The lowest BCUT2D eigenvalue weighted by molar-refractivity contribution is 0.0949. The zero-order chi connectivity index (χ0) is 16.4. The van der Waals surface area contributed by atoms with Gasteiger partial charge in [0.1, 0.15) is 11.6 Å². The molecule has 0 aliphatic heterocycles. The Morgan fingerprint density at radius 2 is 1.52 bits per heavy atom. The van der Waals surface area contributed by atoms with Crippen LogP contribution in [-0.2, 0) is 0 Å². The van der Waals surface area contributed by atoms with Gasteiger partial charge in [-0.15, -0.1) is 0 Å². The Bertz CT molecular complexity index is 756. The molecule has 4 nitrogen and oxygen atoms in total. The fraction of sp³-hybridized carbons (Fsp3) is 0.176. The monoisotopic (exact) mass is 316 g/mol. The average molecular weight is 316 g/mol. The molecule has 0 heterocycles. The molecule has 0 saturated heterocycles. The summed E-state index contributed by atoms with van der Waals surface area (Å²) >= 11 is 0. The predicted molar refractivity (Wildman–Crippen MR) is 81.2 cm³/mol. The molecule has 23 heavy (non-hydrogen) atoms. The SMILES string of the molecule is O=C(Nc1ccc(F)cc1F)c1ccc(C(=O)NC2CC2)cc1. The molecule has 3 rings (SSSR count). The smallest absolute Gasteiger partial charge is 0.255 e. The Morgan fingerprint density at radius 1 is 0.913 bits per heavy atom. The molecule has 1 aliphatic carbocycles. The van der Waals surface area contributed by atoms with Crippen molar-refractivity contribution in [1.29, 1.82) is 0 Å². The van der Waals surface area contributed by atoms with Gasteiger partial charge in [0.15, 0.2) is 0 Å². The zero-order valence-electron chi connectivity index (χ0n) is 12.1. The van der Waals surface area contributed by atoms with E-state index in [-0.39, 0.29) is 23.2 Å². The number of carbonyl (C=O) groups excluding carboxylic acids is 2. The van der Waals surface area contributed by atoms with E-state index in [1.165, 1.54) is 24.3 Å². The number of amides is 2. The molecule has 1 saturated carbocycles. The van der Waals surface area contributed by atoms with E-state index >= 15 is 0 Å². The molecule has 2 N–H and O–H groups in total. The number of nitrogens with one attached hydrogen (secondary N) is 2. The molecule has 0 atom stereocenters. The first-order valence-electron chi connectivity index (χ1n) is 7.20. The van der Waals surface area contributed by atoms with E-state index < -0.39 is 17.5 Å². The number of benzene rings is 2. The van der Waals surface area contributed by atoms with Gasteiger partial charge in [0, 0.05) is 23.2 Å². The first-order chi connectivity index (χ1) is 11.0. The number of halogens is 2. The molecule has 2 amide bonds. The minimum absolute atomic E-state index is 0.105. The number of anilines is 1. The molecule has 0 spiro atoms. The van der Waals surface area contributed by atoms with Crippen LogP contribution in [0.4, 0.5) is 14.5 Å². The maximum atomic E-state index is 13.5. The minimum Gasteiger partial charge on any atom is -0.349 e. The van der Waals surface area contributed by atoms with E-state index in [0.717, 1.165) is 25.0 Å². The quantitative estimate of drug-likeness (QED) is 0.910. The molecular formula is C17H14F2N2O2. The summed E-state index contributed by atoms with van der Waals surface area (Å²) in [5.41, 5.74) is 0.630. The number of carbonyl (C=O) groups is 2. The van der Waals surface area contributed by atoms with Gasteiger partial charge in [0.2, 0.25) is 0 Å². The molecule has 0 radical (unpaired) electrons. The van der Waals surface area contributed by atoms with Crippen molar-refractivity contribution in [3.63, 3.8) is 0 Å². The van der Waals surface area contributed by atoms with Gasteiger partial charge in [-0.05, 0) is 49.2 Å². The van der Waals surface area contributed by atoms with Crippen LogP contribution in [0.3, 0.4) is 0 Å². The predicted octanol–water partition coefficient (Wildman–Crippen LogP) is 3.11. The highest BCUT2D eigenvalue weighted by molar-refractivity contribution is 6.05. The van der Waals surface area contributed by atoms with Gasteiger partial charge >= 0.3 is 0 Å². The largest absolute Gasteiger partial charge is 0.349 e. The third kappa shape index (κ3) is 3.71. The van der Waals surface area contributed by atoms with Crippen LogP contribution >= 0.6 is 0 Å². The van der Waals surface area contributed by atoms with Crippen LogP contribution in [0, 0.1) is 11.6 Å². The van der Waals surface area contributed by atoms with Crippen molar-refractivity contribution in [2.24, 2.45) is 0 Å². The van der Waals surface area contributed by atoms with Crippen molar-refractivity contribution >= 4 is 17.5 Å². The lowest BCUT2D eigenvalue weighted by Gasteiger charge is -2.07. The van der Waals surface area contributed by atoms with E-state index in [9.17, 15) is 18.4 Å². The van der Waals surface area contributed by atoms with Gasteiger partial charge in [0.05, 0.1) is 5.69 Å². The van der Waals surface area contributed by atoms with Crippen molar-refractivity contribution in [1.82, 2.24) is 5.32 Å². The Hall–Kier alpha value is -2.76. The second-order valence-corrected chi connectivity index (χ2v) is 5.40. The summed E-state index contributed by atoms with van der Waals surface area (Å²) in [6, 6.07) is 9.20. The van der Waals surface area contributed by atoms with Crippen LogP contribution in [0.1, 0.15) is 33.6 Å². The summed E-state index contributed by atoms with van der Waals surface area (Å²) in [5, 5.41) is 5.21. The van der Waals surface area contributed by atoms with Crippen molar-refractivity contribution < 1.29 is 18.4 Å². The molecule has 6 heteroatoms. The van der Waals surface area contributed by atoms with Crippen molar-refractivity contribution in [2.75, 3.05) is 5.32 Å². The Labute approximate surface area is 131 Å². The van der Waals surface area contributed by atoms with Crippen LogP contribution in [-0.4, -0.2) is 17.9 Å². The van der Waals surface area contributed by atoms with Crippen LogP contribution < -0.4 is 10.6 Å². The average Bonchev–Trinajstić information content (AvgIpc) is 3.34. The summed E-state index contributed by atoms with van der Waals surface area (Å²) in [4.78, 5) is 23.9. The van der Waals surface area contributed by atoms with E-state index in [1.54, 1.807) is 0 Å². The summed E-state index contributed by atoms with van der Waals surface area (Å²) in [6.07, 6.45) is 1.99. The van der Waals surface area contributed by atoms with Gasteiger partial charge < -0.3 is 10.6 Å². The van der Waals surface area contributed by atoms with Crippen LogP contribution in [0.15, 0.2) is 42.5 Å². The van der Waals surface area contributed by atoms with Gasteiger partial charge in [-0.1, -0.05) is 0 Å². The summed E-state index contributed by atoms with van der Waals surface area (Å²) in [7, 11) is 0. The van der Waals surface area contributed by atoms with Crippen molar-refractivity contribution in [3.05, 3.63) is 65.2 Å². The molecule has 1 aliphatic rings. The highest BCUT2D eigenvalue weighted by atomic mass is 19.1. The van der Waals surface area contributed by atoms with E-state index in [0.29, 0.717) is 11.6 Å². The van der Waals surface area contributed by atoms with Gasteiger partial charge in [-0.2, -0.15) is 0 Å². The first-order valence-corrected chi connectivity index (χ1v) is 7.20. The summed E-state index contributed by atoms with van der Waals surface area (Å²) in [6.45, 7) is 0. The molecule has 1 fully saturated rings. The lowest BCUT2D eigenvalue weighted by atomic mass is 10.1. The maximum Gasteiger partial charge on any atom is 0.255 e. The number of hydrogen-bond acceptors (Lipinski definition) is 2. The fourth-order valence-electron chi connectivity index (χ4n) is 2.05. The molecule has 0 bridgehead atoms. The molecule has 0 aromatic heterocycles. The molecule has 2 aromatic rings. The number of rotatable bonds is 4.